The standard InChI is InChI=1S/C17H19N3O3/c1-20-12-5-4-9(18)6-10(12)14-13(15-16(20)23-15)17(21)22-7-11(19-14)8-2-3-8/h4-6,8,11,15-16,19H,2-3,7,18H2,1H3. The molecular formula is C17H19N3O3. The van der Waals surface area contributed by atoms with Gasteiger partial charge in [0.1, 0.15) is 12.7 Å². The van der Waals surface area contributed by atoms with Crippen LogP contribution in [0, 0.1) is 5.92 Å². The number of esters is 1. The first-order valence-electron chi connectivity index (χ1n) is 8.09. The van der Waals surface area contributed by atoms with Gasteiger partial charge in [-0.05, 0) is 37.0 Å². The van der Waals surface area contributed by atoms with Crippen molar-refractivity contribution in [2.24, 2.45) is 5.92 Å². The molecule has 1 aliphatic carbocycles. The fraction of sp³-hybridized carbons (Fsp3) is 0.471. The summed E-state index contributed by atoms with van der Waals surface area (Å²) in [7, 11) is 1.98. The fourth-order valence-corrected chi connectivity index (χ4v) is 3.69. The first-order valence-corrected chi connectivity index (χ1v) is 8.09. The van der Waals surface area contributed by atoms with E-state index in [4.69, 9.17) is 15.2 Å². The Bertz CT molecular complexity index is 741. The van der Waals surface area contributed by atoms with Crippen molar-refractivity contribution in [3.05, 3.63) is 29.3 Å². The van der Waals surface area contributed by atoms with Gasteiger partial charge in [-0.3, -0.25) is 0 Å². The Balaban J connectivity index is 1.70. The van der Waals surface area contributed by atoms with Gasteiger partial charge in [0.15, 0.2) is 6.23 Å². The molecule has 0 bridgehead atoms. The van der Waals surface area contributed by atoms with E-state index in [1.807, 2.05) is 25.2 Å². The number of benzene rings is 1. The van der Waals surface area contributed by atoms with Gasteiger partial charge in [0.25, 0.3) is 0 Å². The van der Waals surface area contributed by atoms with Gasteiger partial charge in [-0.1, -0.05) is 0 Å². The number of nitrogens with zero attached hydrogens (tertiary/aromatic N) is 1. The van der Waals surface area contributed by atoms with Crippen LogP contribution in [-0.4, -0.2) is 38.0 Å². The topological polar surface area (TPSA) is 80.1 Å². The number of fused-ring (bicyclic) bond motifs is 4. The van der Waals surface area contributed by atoms with Crippen LogP contribution in [0.25, 0.3) is 5.70 Å². The summed E-state index contributed by atoms with van der Waals surface area (Å²) in [6.45, 7) is 0.418. The minimum Gasteiger partial charge on any atom is -0.460 e. The zero-order chi connectivity index (χ0) is 15.7. The number of cyclic esters (lactones) is 1. The minimum atomic E-state index is -0.271. The van der Waals surface area contributed by atoms with Crippen LogP contribution in [0.15, 0.2) is 23.8 Å². The number of rotatable bonds is 1. The number of likely N-dealkylation sites (N-methyl/N-ethyl adjacent to an activating group) is 1. The number of nitrogen functional groups attached to an aromatic ring is 1. The largest absolute Gasteiger partial charge is 0.460 e. The molecule has 0 spiro atoms. The predicted octanol–water partition coefficient (Wildman–Crippen LogP) is 1.08. The van der Waals surface area contributed by atoms with Crippen LogP contribution in [0.1, 0.15) is 18.4 Å². The van der Waals surface area contributed by atoms with E-state index in [2.05, 4.69) is 10.2 Å². The lowest BCUT2D eigenvalue weighted by atomic mass is 10.0. The summed E-state index contributed by atoms with van der Waals surface area (Å²) in [4.78, 5) is 14.6. The van der Waals surface area contributed by atoms with Crippen LogP contribution < -0.4 is 16.0 Å². The number of carbonyl (C=O) groups is 1. The van der Waals surface area contributed by atoms with E-state index in [1.54, 1.807) is 0 Å². The second-order valence-electron chi connectivity index (χ2n) is 6.81. The average molecular weight is 313 g/mol. The molecule has 120 valence electrons. The quantitative estimate of drug-likeness (QED) is 0.459. The van der Waals surface area contributed by atoms with Crippen molar-refractivity contribution in [1.82, 2.24) is 5.32 Å². The predicted molar refractivity (Wildman–Crippen MR) is 85.4 cm³/mol. The zero-order valence-corrected chi connectivity index (χ0v) is 12.9. The highest BCUT2D eigenvalue weighted by molar-refractivity contribution is 6.02. The molecule has 3 unspecified atom stereocenters. The molecule has 1 saturated heterocycles. The number of nitrogens with one attached hydrogen (secondary N) is 1. The SMILES string of the molecule is CN1c2ccc(N)cc2C2=C(C(=O)OCC(C3CC3)N2)C2OC21. The molecule has 3 aliphatic heterocycles. The molecule has 2 fully saturated rings. The third-order valence-corrected chi connectivity index (χ3v) is 5.21. The van der Waals surface area contributed by atoms with Gasteiger partial charge in [0, 0.05) is 24.0 Å². The van der Waals surface area contributed by atoms with Crippen LogP contribution in [0.4, 0.5) is 11.4 Å². The van der Waals surface area contributed by atoms with Crippen LogP contribution in [0.2, 0.25) is 0 Å². The molecule has 1 aromatic rings. The van der Waals surface area contributed by atoms with Crippen molar-refractivity contribution in [3.8, 4) is 0 Å². The lowest BCUT2D eigenvalue weighted by Gasteiger charge is -2.23. The number of nitrogens with two attached hydrogens (primary N) is 1. The summed E-state index contributed by atoms with van der Waals surface area (Å²) < 4.78 is 11.3. The molecule has 6 nitrogen and oxygen atoms in total. The third-order valence-electron chi connectivity index (χ3n) is 5.21. The smallest absolute Gasteiger partial charge is 0.339 e. The summed E-state index contributed by atoms with van der Waals surface area (Å²) in [6.07, 6.45) is 2.02. The lowest BCUT2D eigenvalue weighted by molar-refractivity contribution is -0.139. The van der Waals surface area contributed by atoms with Gasteiger partial charge in [0.2, 0.25) is 0 Å². The molecule has 1 saturated carbocycles. The van der Waals surface area contributed by atoms with E-state index < -0.39 is 0 Å². The Morgan fingerprint density at radius 2 is 2.17 bits per heavy atom. The molecule has 6 heteroatoms. The molecule has 3 heterocycles. The van der Waals surface area contributed by atoms with Crippen molar-refractivity contribution in [3.63, 3.8) is 0 Å². The van der Waals surface area contributed by atoms with Crippen molar-refractivity contribution >= 4 is 23.0 Å². The number of ether oxygens (including phenoxy) is 2. The van der Waals surface area contributed by atoms with Crippen LogP contribution >= 0.6 is 0 Å². The summed E-state index contributed by atoms with van der Waals surface area (Å²) in [6, 6.07) is 5.97. The molecule has 0 amide bonds. The molecule has 4 aliphatic rings. The van der Waals surface area contributed by atoms with Gasteiger partial charge >= 0.3 is 5.97 Å². The number of hydrogen-bond acceptors (Lipinski definition) is 6. The molecule has 0 radical (unpaired) electrons. The fourth-order valence-electron chi connectivity index (χ4n) is 3.69. The van der Waals surface area contributed by atoms with Crippen LogP contribution in [-0.2, 0) is 14.3 Å². The first kappa shape index (κ1) is 13.2. The van der Waals surface area contributed by atoms with Crippen molar-refractivity contribution in [2.45, 2.75) is 31.2 Å². The zero-order valence-electron chi connectivity index (χ0n) is 12.9. The first-order chi connectivity index (χ1) is 11.1. The van der Waals surface area contributed by atoms with Gasteiger partial charge in [-0.25, -0.2) is 4.79 Å². The van der Waals surface area contributed by atoms with Crippen molar-refractivity contribution in [2.75, 3.05) is 24.3 Å². The van der Waals surface area contributed by atoms with E-state index >= 15 is 0 Å². The van der Waals surface area contributed by atoms with Crippen LogP contribution in [0.5, 0.6) is 0 Å². The van der Waals surface area contributed by atoms with Gasteiger partial charge in [0.05, 0.1) is 17.3 Å². The summed E-state index contributed by atoms with van der Waals surface area (Å²) in [5, 5.41) is 3.58. The Hall–Kier alpha value is -2.21. The molecular weight excluding hydrogens is 294 g/mol. The Labute approximate surface area is 134 Å². The maximum absolute atomic E-state index is 12.6. The molecule has 3 atom stereocenters. The van der Waals surface area contributed by atoms with E-state index in [9.17, 15) is 4.79 Å². The molecule has 5 rings (SSSR count). The Morgan fingerprint density at radius 3 is 2.96 bits per heavy atom. The third kappa shape index (κ3) is 1.94. The Kier molecular flexibility index (Phi) is 2.54. The second-order valence-corrected chi connectivity index (χ2v) is 6.81. The van der Waals surface area contributed by atoms with E-state index in [0.717, 1.165) is 16.9 Å². The monoisotopic (exact) mass is 313 g/mol. The second kappa shape index (κ2) is 4.41. The highest BCUT2D eigenvalue weighted by Gasteiger charge is 2.53. The maximum Gasteiger partial charge on any atom is 0.339 e. The van der Waals surface area contributed by atoms with Gasteiger partial charge < -0.3 is 25.4 Å². The molecule has 1 aromatic carbocycles. The van der Waals surface area contributed by atoms with E-state index in [0.29, 0.717) is 23.8 Å². The van der Waals surface area contributed by atoms with Crippen LogP contribution in [0.3, 0.4) is 0 Å². The van der Waals surface area contributed by atoms with E-state index in [1.165, 1.54) is 12.8 Å². The number of anilines is 2. The Morgan fingerprint density at radius 1 is 1.35 bits per heavy atom. The summed E-state index contributed by atoms with van der Waals surface area (Å²) in [5.74, 6) is 0.308. The summed E-state index contributed by atoms with van der Waals surface area (Å²) >= 11 is 0. The highest BCUT2D eigenvalue weighted by atomic mass is 16.6. The highest BCUT2D eigenvalue weighted by Crippen LogP contribution is 2.46. The number of carbonyl (C=O) groups excluding carboxylic acids is 1. The van der Waals surface area contributed by atoms with Gasteiger partial charge in [-0.15, -0.1) is 0 Å². The molecule has 0 aromatic heterocycles. The lowest BCUT2D eigenvalue weighted by Crippen LogP contribution is -2.33. The molecule has 23 heavy (non-hydrogen) atoms. The van der Waals surface area contributed by atoms with Gasteiger partial charge in [-0.2, -0.15) is 0 Å². The number of epoxide rings is 1. The minimum absolute atomic E-state index is 0.114. The normalized spacial score (nSPS) is 32.0. The number of hydrogen-bond donors (Lipinski definition) is 2. The summed E-state index contributed by atoms with van der Waals surface area (Å²) in [5.41, 5.74) is 10.1. The van der Waals surface area contributed by atoms with Crippen molar-refractivity contribution in [1.29, 1.82) is 0 Å². The van der Waals surface area contributed by atoms with Crippen molar-refractivity contribution < 1.29 is 14.3 Å². The molecule has 3 N–H and O–H groups in total. The maximum atomic E-state index is 12.6. The van der Waals surface area contributed by atoms with E-state index in [-0.39, 0.29) is 24.3 Å². The average Bonchev–Trinajstić information content (AvgIpc) is 3.38.